The number of aromatic nitrogens is 4. The molecule has 8 nitrogen and oxygen atoms in total. The highest BCUT2D eigenvalue weighted by atomic mass is 79.9. The lowest BCUT2D eigenvalue weighted by atomic mass is 9.94. The second-order valence-electron chi connectivity index (χ2n) is 5.47. The molecule has 1 fully saturated rings. The molecule has 0 unspecified atom stereocenters. The van der Waals surface area contributed by atoms with Crippen LogP contribution in [0.4, 0.5) is 10.6 Å². The van der Waals surface area contributed by atoms with E-state index in [4.69, 9.17) is 10.8 Å². The molecule has 22 heavy (non-hydrogen) atoms. The molecular formula is C13H17BrN6O2. The molecule has 2 aromatic rings. The van der Waals surface area contributed by atoms with Crippen LogP contribution in [0.3, 0.4) is 0 Å². The molecule has 0 radical (unpaired) electrons. The summed E-state index contributed by atoms with van der Waals surface area (Å²) in [5.74, 6) is 0.887. The summed E-state index contributed by atoms with van der Waals surface area (Å²) in [5, 5.41) is 8.97. The third kappa shape index (κ3) is 2.85. The number of carboxylic acid groups (broad SMARTS) is 1. The highest BCUT2D eigenvalue weighted by Gasteiger charge is 2.22. The summed E-state index contributed by atoms with van der Waals surface area (Å²) < 4.78 is 2.68. The number of hydrogen-bond acceptors (Lipinski definition) is 5. The standard InChI is InChI=1S/C13H17BrN6O2/c14-12-18-9-10(15)16-7-17-11(9)20(12)6-3-8-1-4-19(5-2-8)13(21)22/h7-8H,1-6H2,(H,21,22)(H2,15,16,17). The zero-order valence-electron chi connectivity index (χ0n) is 11.9. The van der Waals surface area contributed by atoms with Crippen molar-refractivity contribution in [3.63, 3.8) is 0 Å². The number of amides is 1. The fourth-order valence-electron chi connectivity index (χ4n) is 2.85. The van der Waals surface area contributed by atoms with Gasteiger partial charge in [0.15, 0.2) is 21.7 Å². The Bertz CT molecular complexity index is 695. The third-order valence-corrected chi connectivity index (χ3v) is 4.77. The molecule has 0 aliphatic carbocycles. The van der Waals surface area contributed by atoms with Crippen LogP contribution in [0.1, 0.15) is 19.3 Å². The second-order valence-corrected chi connectivity index (χ2v) is 6.17. The fraction of sp³-hybridized carbons (Fsp3) is 0.538. The van der Waals surface area contributed by atoms with E-state index in [0.29, 0.717) is 35.1 Å². The van der Waals surface area contributed by atoms with Crippen molar-refractivity contribution in [1.29, 1.82) is 0 Å². The number of fused-ring (bicyclic) bond motifs is 1. The molecule has 0 aromatic carbocycles. The lowest BCUT2D eigenvalue weighted by molar-refractivity contribution is 0.122. The van der Waals surface area contributed by atoms with Crippen LogP contribution in [-0.2, 0) is 6.54 Å². The van der Waals surface area contributed by atoms with Crippen molar-refractivity contribution in [2.75, 3.05) is 18.8 Å². The minimum Gasteiger partial charge on any atom is -0.465 e. The zero-order chi connectivity index (χ0) is 15.7. The first-order valence-electron chi connectivity index (χ1n) is 7.16. The highest BCUT2D eigenvalue weighted by Crippen LogP contribution is 2.25. The highest BCUT2D eigenvalue weighted by molar-refractivity contribution is 9.10. The molecule has 1 aliphatic heterocycles. The number of hydrogen-bond donors (Lipinski definition) is 2. The van der Waals surface area contributed by atoms with E-state index in [1.165, 1.54) is 11.2 Å². The Morgan fingerprint density at radius 2 is 2.14 bits per heavy atom. The Hall–Kier alpha value is -1.90. The van der Waals surface area contributed by atoms with Gasteiger partial charge < -0.3 is 20.3 Å². The first kappa shape index (κ1) is 15.0. The van der Waals surface area contributed by atoms with Crippen LogP contribution in [0.25, 0.3) is 11.2 Å². The summed E-state index contributed by atoms with van der Waals surface area (Å²) in [6.07, 6.45) is 3.37. The van der Waals surface area contributed by atoms with Crippen molar-refractivity contribution in [2.45, 2.75) is 25.8 Å². The molecule has 0 saturated carbocycles. The van der Waals surface area contributed by atoms with E-state index in [0.717, 1.165) is 31.5 Å². The average molecular weight is 369 g/mol. The summed E-state index contributed by atoms with van der Waals surface area (Å²) in [7, 11) is 0. The summed E-state index contributed by atoms with van der Waals surface area (Å²) in [6.45, 7) is 1.99. The third-order valence-electron chi connectivity index (χ3n) is 4.16. The monoisotopic (exact) mass is 368 g/mol. The van der Waals surface area contributed by atoms with E-state index in [2.05, 4.69) is 30.9 Å². The maximum absolute atomic E-state index is 10.9. The summed E-state index contributed by atoms with van der Waals surface area (Å²) in [4.78, 5) is 24.9. The Morgan fingerprint density at radius 3 is 2.82 bits per heavy atom. The van der Waals surface area contributed by atoms with E-state index < -0.39 is 6.09 Å². The molecule has 9 heteroatoms. The molecule has 1 saturated heterocycles. The van der Waals surface area contributed by atoms with Crippen LogP contribution in [0.5, 0.6) is 0 Å². The van der Waals surface area contributed by atoms with Crippen molar-refractivity contribution >= 4 is 39.0 Å². The molecule has 1 aliphatic rings. The van der Waals surface area contributed by atoms with Gasteiger partial charge >= 0.3 is 6.09 Å². The summed E-state index contributed by atoms with van der Waals surface area (Å²) in [6, 6.07) is 0. The van der Waals surface area contributed by atoms with E-state index in [1.807, 2.05) is 4.57 Å². The van der Waals surface area contributed by atoms with Gasteiger partial charge in [0, 0.05) is 19.6 Å². The SMILES string of the molecule is Nc1ncnc2c1nc(Br)n2CCC1CCN(C(=O)O)CC1. The number of imidazole rings is 1. The van der Waals surface area contributed by atoms with Crippen molar-refractivity contribution in [3.05, 3.63) is 11.1 Å². The predicted octanol–water partition coefficient (Wildman–Crippen LogP) is 1.95. The number of anilines is 1. The molecule has 118 valence electrons. The van der Waals surface area contributed by atoms with Gasteiger partial charge in [0.25, 0.3) is 0 Å². The van der Waals surface area contributed by atoms with Gasteiger partial charge in [0.1, 0.15) is 6.33 Å². The Labute approximate surface area is 135 Å². The predicted molar refractivity (Wildman–Crippen MR) is 84.4 cm³/mol. The van der Waals surface area contributed by atoms with Gasteiger partial charge in [-0.05, 0) is 41.1 Å². The molecule has 3 rings (SSSR count). The van der Waals surface area contributed by atoms with E-state index in [-0.39, 0.29) is 0 Å². The largest absolute Gasteiger partial charge is 0.465 e. The van der Waals surface area contributed by atoms with Gasteiger partial charge in [-0.3, -0.25) is 0 Å². The van der Waals surface area contributed by atoms with E-state index in [1.54, 1.807) is 0 Å². The van der Waals surface area contributed by atoms with Crippen molar-refractivity contribution < 1.29 is 9.90 Å². The van der Waals surface area contributed by atoms with Gasteiger partial charge in [-0.1, -0.05) is 0 Å². The molecular weight excluding hydrogens is 352 g/mol. The zero-order valence-corrected chi connectivity index (χ0v) is 13.5. The van der Waals surface area contributed by atoms with Crippen LogP contribution in [0.15, 0.2) is 11.1 Å². The first-order chi connectivity index (χ1) is 10.6. The Morgan fingerprint density at radius 1 is 1.41 bits per heavy atom. The first-order valence-corrected chi connectivity index (χ1v) is 7.95. The van der Waals surface area contributed by atoms with Crippen molar-refractivity contribution in [2.24, 2.45) is 5.92 Å². The maximum atomic E-state index is 10.9. The normalized spacial score (nSPS) is 16.3. The molecule has 0 spiro atoms. The van der Waals surface area contributed by atoms with Crippen LogP contribution in [0, 0.1) is 5.92 Å². The van der Waals surface area contributed by atoms with Gasteiger partial charge in [-0.25, -0.2) is 19.7 Å². The van der Waals surface area contributed by atoms with Crippen LogP contribution >= 0.6 is 15.9 Å². The molecule has 1 amide bonds. The van der Waals surface area contributed by atoms with E-state index >= 15 is 0 Å². The number of aryl methyl sites for hydroxylation is 1. The quantitative estimate of drug-likeness (QED) is 0.801. The lowest BCUT2D eigenvalue weighted by Crippen LogP contribution is -2.37. The molecule has 0 bridgehead atoms. The number of piperidine rings is 1. The van der Waals surface area contributed by atoms with E-state index in [9.17, 15) is 4.79 Å². The number of nitrogens with two attached hydrogens (primary N) is 1. The minimum absolute atomic E-state index is 0.374. The number of halogens is 1. The molecule has 0 atom stereocenters. The lowest BCUT2D eigenvalue weighted by Gasteiger charge is -2.30. The Balaban J connectivity index is 1.66. The van der Waals surface area contributed by atoms with Crippen molar-refractivity contribution in [1.82, 2.24) is 24.4 Å². The van der Waals surface area contributed by atoms with Gasteiger partial charge in [-0.2, -0.15) is 0 Å². The number of nitrogens with zero attached hydrogens (tertiary/aromatic N) is 5. The number of likely N-dealkylation sites (tertiary alicyclic amines) is 1. The molecule has 2 aromatic heterocycles. The number of carbonyl (C=O) groups is 1. The summed E-state index contributed by atoms with van der Waals surface area (Å²) in [5.41, 5.74) is 7.14. The topological polar surface area (TPSA) is 110 Å². The van der Waals surface area contributed by atoms with Crippen LogP contribution < -0.4 is 5.73 Å². The van der Waals surface area contributed by atoms with Crippen LogP contribution in [-0.4, -0.2) is 48.7 Å². The maximum Gasteiger partial charge on any atom is 0.407 e. The van der Waals surface area contributed by atoms with Gasteiger partial charge in [0.05, 0.1) is 0 Å². The molecule has 3 heterocycles. The van der Waals surface area contributed by atoms with Crippen molar-refractivity contribution in [3.8, 4) is 0 Å². The number of rotatable bonds is 3. The summed E-state index contributed by atoms with van der Waals surface area (Å²) >= 11 is 3.44. The van der Waals surface area contributed by atoms with Gasteiger partial charge in [-0.15, -0.1) is 0 Å². The van der Waals surface area contributed by atoms with Crippen LogP contribution in [0.2, 0.25) is 0 Å². The molecule has 3 N–H and O–H groups in total. The average Bonchev–Trinajstić information content (AvgIpc) is 2.83. The second kappa shape index (κ2) is 6.07. The minimum atomic E-state index is -0.825. The van der Waals surface area contributed by atoms with Gasteiger partial charge in [0.2, 0.25) is 0 Å². The Kier molecular flexibility index (Phi) is 4.14. The number of nitrogen functional groups attached to an aromatic ring is 1. The smallest absolute Gasteiger partial charge is 0.407 e. The fourth-order valence-corrected chi connectivity index (χ4v) is 3.37.